The largest absolute Gasteiger partial charge is 0.339 e. The van der Waals surface area contributed by atoms with Crippen molar-refractivity contribution >= 4 is 22.4 Å². The van der Waals surface area contributed by atoms with Crippen LogP contribution in [0.15, 0.2) is 16.1 Å². The maximum absolute atomic E-state index is 12.1. The van der Waals surface area contributed by atoms with Gasteiger partial charge in [0.15, 0.2) is 11.0 Å². The average Bonchev–Trinajstić information content (AvgIpc) is 3.18. The summed E-state index contributed by atoms with van der Waals surface area (Å²) in [5, 5.41) is 9.29. The van der Waals surface area contributed by atoms with E-state index >= 15 is 0 Å². The van der Waals surface area contributed by atoms with Crippen LogP contribution in [-0.2, 0) is 11.2 Å². The molecule has 7 nitrogen and oxygen atoms in total. The van der Waals surface area contributed by atoms with Crippen LogP contribution in [-0.4, -0.2) is 39.0 Å². The molecule has 0 aromatic carbocycles. The Labute approximate surface area is 126 Å². The van der Waals surface area contributed by atoms with E-state index in [0.29, 0.717) is 23.4 Å². The fraction of sp³-hybridized carbons (Fsp3) is 0.538. The fourth-order valence-corrected chi connectivity index (χ4v) is 3.03. The molecule has 2 aromatic rings. The monoisotopic (exact) mass is 307 g/mol. The van der Waals surface area contributed by atoms with Crippen LogP contribution in [0.2, 0.25) is 0 Å². The highest BCUT2D eigenvalue weighted by Crippen LogP contribution is 2.29. The Balaban J connectivity index is 1.62. The van der Waals surface area contributed by atoms with Crippen molar-refractivity contribution < 1.29 is 9.32 Å². The molecule has 2 aromatic heterocycles. The summed E-state index contributed by atoms with van der Waals surface area (Å²) in [7, 11) is 0. The number of rotatable bonds is 5. The lowest BCUT2D eigenvalue weighted by atomic mass is 10.2. The van der Waals surface area contributed by atoms with Gasteiger partial charge >= 0.3 is 0 Å². The molecule has 1 saturated heterocycles. The maximum Gasteiger partial charge on any atom is 0.240 e. The van der Waals surface area contributed by atoms with Crippen LogP contribution >= 0.6 is 11.3 Å². The Morgan fingerprint density at radius 1 is 1.62 bits per heavy atom. The first-order chi connectivity index (χ1) is 10.3. The summed E-state index contributed by atoms with van der Waals surface area (Å²) >= 11 is 1.41. The molecule has 1 aliphatic heterocycles. The van der Waals surface area contributed by atoms with E-state index in [1.54, 1.807) is 6.20 Å². The second-order valence-corrected chi connectivity index (χ2v) is 5.81. The highest BCUT2D eigenvalue weighted by molar-refractivity contribution is 7.13. The van der Waals surface area contributed by atoms with Gasteiger partial charge in [-0.3, -0.25) is 9.69 Å². The molecule has 1 amide bonds. The van der Waals surface area contributed by atoms with Crippen LogP contribution < -0.4 is 5.32 Å². The van der Waals surface area contributed by atoms with Crippen molar-refractivity contribution in [3.63, 3.8) is 0 Å². The molecule has 0 aliphatic carbocycles. The van der Waals surface area contributed by atoms with Gasteiger partial charge in [0.05, 0.1) is 12.6 Å². The molecule has 3 rings (SSSR count). The fourth-order valence-electron chi connectivity index (χ4n) is 2.48. The van der Waals surface area contributed by atoms with Gasteiger partial charge in [0.2, 0.25) is 11.8 Å². The number of likely N-dealkylation sites (tertiary alicyclic amines) is 1. The summed E-state index contributed by atoms with van der Waals surface area (Å²) in [6.45, 7) is 3.16. The number of hydrogen-bond donors (Lipinski definition) is 1. The Bertz CT molecular complexity index is 597. The first-order valence-electron chi connectivity index (χ1n) is 7.02. The number of nitrogens with zero attached hydrogens (tertiary/aromatic N) is 4. The smallest absolute Gasteiger partial charge is 0.240 e. The average molecular weight is 307 g/mol. The van der Waals surface area contributed by atoms with Crippen molar-refractivity contribution in [2.45, 2.75) is 32.2 Å². The molecular weight excluding hydrogens is 290 g/mol. The standard InChI is InChI=1S/C13H17N5O2S/c1-2-11-16-12(17-20-11)9-4-3-6-18(9)8-10(19)15-13-14-5-7-21-13/h5,7,9H,2-4,6,8H2,1H3,(H,14,15,19)/t9-/m1/s1. The van der Waals surface area contributed by atoms with Crippen molar-refractivity contribution in [1.29, 1.82) is 0 Å². The minimum absolute atomic E-state index is 0.0592. The number of aryl methyl sites for hydroxylation is 1. The molecule has 0 saturated carbocycles. The third kappa shape index (κ3) is 3.27. The number of nitrogens with one attached hydrogen (secondary N) is 1. The van der Waals surface area contributed by atoms with Crippen molar-refractivity contribution in [3.8, 4) is 0 Å². The topological polar surface area (TPSA) is 84.2 Å². The second-order valence-electron chi connectivity index (χ2n) is 4.91. The summed E-state index contributed by atoms with van der Waals surface area (Å²) in [6.07, 6.45) is 4.38. The SMILES string of the molecule is CCc1nc([C@H]2CCCN2CC(=O)Nc2nccs2)no1. The van der Waals surface area contributed by atoms with Crippen molar-refractivity contribution in [3.05, 3.63) is 23.3 Å². The summed E-state index contributed by atoms with van der Waals surface area (Å²) < 4.78 is 5.17. The third-order valence-electron chi connectivity index (χ3n) is 3.47. The van der Waals surface area contributed by atoms with E-state index < -0.39 is 0 Å². The van der Waals surface area contributed by atoms with Crippen LogP contribution in [0.3, 0.4) is 0 Å². The first kappa shape index (κ1) is 14.2. The second kappa shape index (κ2) is 6.31. The Kier molecular flexibility index (Phi) is 4.26. The third-order valence-corrected chi connectivity index (χ3v) is 4.16. The number of carbonyl (C=O) groups excluding carboxylic acids is 1. The molecule has 0 radical (unpaired) electrons. The van der Waals surface area contributed by atoms with Gasteiger partial charge in [0.1, 0.15) is 0 Å². The molecule has 0 spiro atoms. The van der Waals surface area contributed by atoms with Gasteiger partial charge in [-0.15, -0.1) is 11.3 Å². The number of thiazole rings is 1. The van der Waals surface area contributed by atoms with Gasteiger partial charge in [0.25, 0.3) is 0 Å². The van der Waals surface area contributed by atoms with E-state index in [0.717, 1.165) is 25.8 Å². The molecule has 3 heterocycles. The van der Waals surface area contributed by atoms with Crippen LogP contribution in [0.25, 0.3) is 0 Å². The molecule has 1 atom stereocenters. The lowest BCUT2D eigenvalue weighted by molar-refractivity contribution is -0.117. The summed E-state index contributed by atoms with van der Waals surface area (Å²) in [4.78, 5) is 22.6. The van der Waals surface area contributed by atoms with Crippen LogP contribution in [0.1, 0.15) is 37.5 Å². The summed E-state index contributed by atoms with van der Waals surface area (Å²) in [5.74, 6) is 1.27. The Morgan fingerprint density at radius 2 is 2.52 bits per heavy atom. The van der Waals surface area contributed by atoms with E-state index in [1.807, 2.05) is 12.3 Å². The van der Waals surface area contributed by atoms with Crippen LogP contribution in [0.5, 0.6) is 0 Å². The summed E-state index contributed by atoms with van der Waals surface area (Å²) in [6, 6.07) is 0.0658. The van der Waals surface area contributed by atoms with Crippen LogP contribution in [0.4, 0.5) is 5.13 Å². The van der Waals surface area contributed by atoms with Crippen molar-refractivity contribution in [1.82, 2.24) is 20.0 Å². The zero-order valence-electron chi connectivity index (χ0n) is 11.8. The molecule has 112 valence electrons. The highest BCUT2D eigenvalue weighted by atomic mass is 32.1. The first-order valence-corrected chi connectivity index (χ1v) is 7.90. The zero-order chi connectivity index (χ0) is 14.7. The van der Waals surface area contributed by atoms with E-state index in [-0.39, 0.29) is 11.9 Å². The zero-order valence-corrected chi connectivity index (χ0v) is 12.6. The van der Waals surface area contributed by atoms with Gasteiger partial charge < -0.3 is 9.84 Å². The normalized spacial score (nSPS) is 19.0. The number of amides is 1. The molecule has 1 fully saturated rings. The van der Waals surface area contributed by atoms with Crippen molar-refractivity contribution in [2.75, 3.05) is 18.4 Å². The predicted molar refractivity (Wildman–Crippen MR) is 78.0 cm³/mol. The van der Waals surface area contributed by atoms with Gasteiger partial charge in [-0.1, -0.05) is 12.1 Å². The van der Waals surface area contributed by atoms with Gasteiger partial charge in [0, 0.05) is 18.0 Å². The molecular formula is C13H17N5O2S. The van der Waals surface area contributed by atoms with E-state index in [2.05, 4.69) is 25.3 Å². The minimum Gasteiger partial charge on any atom is -0.339 e. The highest BCUT2D eigenvalue weighted by Gasteiger charge is 2.31. The molecule has 1 aliphatic rings. The van der Waals surface area contributed by atoms with Gasteiger partial charge in [-0.25, -0.2) is 4.98 Å². The van der Waals surface area contributed by atoms with Gasteiger partial charge in [-0.2, -0.15) is 4.98 Å². The molecule has 1 N–H and O–H groups in total. The van der Waals surface area contributed by atoms with E-state index in [1.165, 1.54) is 11.3 Å². The summed E-state index contributed by atoms with van der Waals surface area (Å²) in [5.41, 5.74) is 0. The van der Waals surface area contributed by atoms with Crippen LogP contribution in [0, 0.1) is 0 Å². The quantitative estimate of drug-likeness (QED) is 0.907. The lowest BCUT2D eigenvalue weighted by Crippen LogP contribution is -2.33. The number of anilines is 1. The number of hydrogen-bond acceptors (Lipinski definition) is 7. The van der Waals surface area contributed by atoms with E-state index in [4.69, 9.17) is 4.52 Å². The predicted octanol–water partition coefficient (Wildman–Crippen LogP) is 1.86. The molecule has 21 heavy (non-hydrogen) atoms. The Morgan fingerprint density at radius 3 is 3.24 bits per heavy atom. The number of carbonyl (C=O) groups is 1. The van der Waals surface area contributed by atoms with Crippen molar-refractivity contribution in [2.24, 2.45) is 0 Å². The molecule has 0 bridgehead atoms. The number of aromatic nitrogens is 3. The minimum atomic E-state index is -0.0592. The lowest BCUT2D eigenvalue weighted by Gasteiger charge is -2.20. The van der Waals surface area contributed by atoms with E-state index in [9.17, 15) is 4.79 Å². The maximum atomic E-state index is 12.1. The molecule has 0 unspecified atom stereocenters. The molecule has 8 heteroatoms. The Hall–Kier alpha value is -1.80. The van der Waals surface area contributed by atoms with Gasteiger partial charge in [-0.05, 0) is 19.4 Å².